The van der Waals surface area contributed by atoms with Crippen molar-refractivity contribution in [3.8, 4) is 0 Å². The SMILES string of the molecule is CCNCCNC(=O)CC(CC(=O)NCCNC)C(=O)NCCNC(C)(C)C(=O)C(CCC(=O)O)NC(C)(C)C(=O)C1CCCN1C(C)=O. The van der Waals surface area contributed by atoms with E-state index in [0.717, 1.165) is 6.54 Å². The van der Waals surface area contributed by atoms with E-state index in [9.17, 15) is 38.7 Å². The zero-order valence-electron chi connectivity index (χ0n) is 30.4. The third-order valence-electron chi connectivity index (χ3n) is 8.49. The number of carbonyl (C=O) groups is 7. The van der Waals surface area contributed by atoms with Gasteiger partial charge >= 0.3 is 5.97 Å². The van der Waals surface area contributed by atoms with Crippen LogP contribution >= 0.6 is 0 Å². The van der Waals surface area contributed by atoms with Gasteiger partial charge in [-0.25, -0.2) is 0 Å². The normalized spacial score (nSPS) is 16.1. The second-order valence-electron chi connectivity index (χ2n) is 13.5. The number of aliphatic carboxylic acids is 1. The molecule has 0 aromatic rings. The van der Waals surface area contributed by atoms with E-state index in [1.165, 1.54) is 11.8 Å². The lowest BCUT2D eigenvalue weighted by molar-refractivity contribution is -0.139. The van der Waals surface area contributed by atoms with E-state index in [-0.39, 0.29) is 68.1 Å². The van der Waals surface area contributed by atoms with Gasteiger partial charge in [0.2, 0.25) is 23.6 Å². The number of likely N-dealkylation sites (N-methyl/N-ethyl adjacent to an activating group) is 2. The van der Waals surface area contributed by atoms with Crippen LogP contribution in [0, 0.1) is 5.92 Å². The van der Waals surface area contributed by atoms with Crippen molar-refractivity contribution in [2.24, 2.45) is 5.92 Å². The Kier molecular flexibility index (Phi) is 19.2. The molecule has 49 heavy (non-hydrogen) atoms. The van der Waals surface area contributed by atoms with Crippen LogP contribution in [0.4, 0.5) is 0 Å². The first kappa shape index (κ1) is 43.6. The largest absolute Gasteiger partial charge is 0.481 e. The highest BCUT2D eigenvalue weighted by molar-refractivity contribution is 5.97. The van der Waals surface area contributed by atoms with E-state index in [0.29, 0.717) is 45.6 Å². The number of carbonyl (C=O) groups excluding carboxylic acids is 6. The van der Waals surface area contributed by atoms with Gasteiger partial charge in [0.05, 0.1) is 29.1 Å². The topological polar surface area (TPSA) is 227 Å². The predicted molar refractivity (Wildman–Crippen MR) is 185 cm³/mol. The molecule has 1 rings (SSSR count). The van der Waals surface area contributed by atoms with Crippen molar-refractivity contribution in [3.63, 3.8) is 0 Å². The van der Waals surface area contributed by atoms with Gasteiger partial charge in [0.1, 0.15) is 0 Å². The number of amides is 4. The van der Waals surface area contributed by atoms with E-state index in [1.54, 1.807) is 34.7 Å². The highest BCUT2D eigenvalue weighted by Gasteiger charge is 2.43. The molecule has 0 spiro atoms. The van der Waals surface area contributed by atoms with Crippen molar-refractivity contribution in [2.75, 3.05) is 59.4 Å². The van der Waals surface area contributed by atoms with E-state index in [4.69, 9.17) is 0 Å². The number of nitrogens with one attached hydrogen (secondary N) is 7. The highest BCUT2D eigenvalue weighted by Crippen LogP contribution is 2.24. The maximum Gasteiger partial charge on any atom is 0.303 e. The molecule has 1 saturated heterocycles. The van der Waals surface area contributed by atoms with Crippen molar-refractivity contribution in [1.82, 2.24) is 42.1 Å². The Labute approximate surface area is 290 Å². The zero-order valence-corrected chi connectivity index (χ0v) is 30.4. The number of ketones is 2. The number of rotatable bonds is 25. The molecule has 0 saturated carbocycles. The van der Waals surface area contributed by atoms with Crippen LogP contribution in [0.3, 0.4) is 0 Å². The standard InChI is InChI=1S/C33H60N8O8/c1-8-35-14-16-37-27(44)21-23(20-26(43)36-15-13-34-7)31(49)38-17-18-39-32(3,4)29(47)24(11-12-28(45)46)40-33(5,6)30(48)25-10-9-19-41(25)22(2)42/h23-25,34-35,39-40H,8-21H2,1-7H3,(H,36,43)(H,37,44)(H,38,49)(H,45,46). The first-order valence-corrected chi connectivity index (χ1v) is 17.2. The van der Waals surface area contributed by atoms with Gasteiger partial charge in [-0.15, -0.1) is 0 Å². The molecule has 16 heteroatoms. The van der Waals surface area contributed by atoms with Crippen LogP contribution in [0.2, 0.25) is 0 Å². The Hall–Kier alpha value is -3.47. The number of nitrogens with zero attached hydrogens (tertiary/aromatic N) is 1. The Bertz CT molecular complexity index is 1150. The number of hydrogen-bond donors (Lipinski definition) is 8. The van der Waals surface area contributed by atoms with Crippen molar-refractivity contribution < 1.29 is 38.7 Å². The maximum atomic E-state index is 13.8. The second-order valence-corrected chi connectivity index (χ2v) is 13.5. The molecule has 4 amide bonds. The van der Waals surface area contributed by atoms with Gasteiger partial charge in [0.15, 0.2) is 11.6 Å². The Morgan fingerprint density at radius 1 is 0.837 bits per heavy atom. The fraction of sp³-hybridized carbons (Fsp3) is 0.788. The summed E-state index contributed by atoms with van der Waals surface area (Å²) < 4.78 is 0. The summed E-state index contributed by atoms with van der Waals surface area (Å²) in [6, 6.07) is -1.63. The van der Waals surface area contributed by atoms with Crippen molar-refractivity contribution >= 4 is 41.2 Å². The molecule has 0 radical (unpaired) electrons. The summed E-state index contributed by atoms with van der Waals surface area (Å²) in [6.07, 6.45) is 0.474. The summed E-state index contributed by atoms with van der Waals surface area (Å²) in [5.41, 5.74) is -2.43. The zero-order chi connectivity index (χ0) is 37.2. The van der Waals surface area contributed by atoms with Crippen LogP contribution in [-0.2, 0) is 33.6 Å². The number of carboxylic acids is 1. The minimum absolute atomic E-state index is 0.0670. The summed E-state index contributed by atoms with van der Waals surface area (Å²) in [7, 11) is 1.75. The molecule has 0 aromatic heterocycles. The molecule has 8 N–H and O–H groups in total. The van der Waals surface area contributed by atoms with Gasteiger partial charge in [-0.2, -0.15) is 0 Å². The summed E-state index contributed by atoms with van der Waals surface area (Å²) >= 11 is 0. The molecule has 3 unspecified atom stereocenters. The van der Waals surface area contributed by atoms with E-state index in [1.807, 2.05) is 6.92 Å². The lowest BCUT2D eigenvalue weighted by atomic mass is 9.86. The predicted octanol–water partition coefficient (Wildman–Crippen LogP) is -1.32. The molecule has 0 bridgehead atoms. The molecule has 280 valence electrons. The van der Waals surface area contributed by atoms with Gasteiger partial charge < -0.3 is 41.9 Å². The Morgan fingerprint density at radius 3 is 1.98 bits per heavy atom. The molecular formula is C33H60N8O8. The molecule has 1 fully saturated rings. The molecule has 1 heterocycles. The van der Waals surface area contributed by atoms with Crippen molar-refractivity contribution in [1.29, 1.82) is 0 Å². The molecular weight excluding hydrogens is 636 g/mol. The molecule has 1 aliphatic heterocycles. The second kappa shape index (κ2) is 21.6. The quantitative estimate of drug-likeness (QED) is 0.0520. The van der Waals surface area contributed by atoms with Crippen LogP contribution in [0.1, 0.15) is 80.1 Å². The van der Waals surface area contributed by atoms with Crippen LogP contribution in [0.15, 0.2) is 0 Å². The van der Waals surface area contributed by atoms with E-state index >= 15 is 0 Å². The van der Waals surface area contributed by atoms with Crippen LogP contribution in [-0.4, -0.2) is 134 Å². The Morgan fingerprint density at radius 2 is 1.43 bits per heavy atom. The van der Waals surface area contributed by atoms with Gasteiger partial charge in [-0.1, -0.05) is 6.92 Å². The first-order chi connectivity index (χ1) is 23.0. The minimum Gasteiger partial charge on any atom is -0.481 e. The third-order valence-corrected chi connectivity index (χ3v) is 8.49. The van der Waals surface area contributed by atoms with Crippen LogP contribution in [0.5, 0.6) is 0 Å². The molecule has 3 atom stereocenters. The number of carboxylic acid groups (broad SMARTS) is 1. The summed E-state index contributed by atoms with van der Waals surface area (Å²) in [6.45, 7) is 13.2. The molecule has 1 aliphatic rings. The van der Waals surface area contributed by atoms with Gasteiger partial charge in [-0.3, -0.25) is 38.9 Å². The van der Waals surface area contributed by atoms with Crippen molar-refractivity contribution in [2.45, 2.75) is 103 Å². The number of Topliss-reactive ketones (excluding diaryl/α,β-unsaturated/α-hetero) is 2. The lowest BCUT2D eigenvalue weighted by Crippen LogP contribution is -2.63. The molecule has 16 nitrogen and oxygen atoms in total. The average Bonchev–Trinajstić information content (AvgIpc) is 3.53. The van der Waals surface area contributed by atoms with Gasteiger partial charge in [0, 0.05) is 72.0 Å². The van der Waals surface area contributed by atoms with Crippen molar-refractivity contribution in [3.05, 3.63) is 0 Å². The fourth-order valence-electron chi connectivity index (χ4n) is 5.75. The van der Waals surface area contributed by atoms with E-state index in [2.05, 4.69) is 37.2 Å². The summed E-state index contributed by atoms with van der Waals surface area (Å²) in [5.74, 6) is -4.02. The van der Waals surface area contributed by atoms with E-state index < -0.39 is 41.0 Å². The first-order valence-electron chi connectivity index (χ1n) is 17.2. The lowest BCUT2D eigenvalue weighted by Gasteiger charge is -2.37. The summed E-state index contributed by atoms with van der Waals surface area (Å²) in [5, 5.41) is 29.8. The highest BCUT2D eigenvalue weighted by atomic mass is 16.4. The third kappa shape index (κ3) is 15.7. The Balaban J connectivity index is 2.90. The maximum absolute atomic E-state index is 13.8. The van der Waals surface area contributed by atoms with Crippen LogP contribution < -0.4 is 37.2 Å². The van der Waals surface area contributed by atoms with Gasteiger partial charge in [0.25, 0.3) is 0 Å². The minimum atomic E-state index is -1.24. The molecule has 0 aromatic carbocycles. The number of likely N-dealkylation sites (tertiary alicyclic amines) is 1. The van der Waals surface area contributed by atoms with Crippen LogP contribution in [0.25, 0.3) is 0 Å². The monoisotopic (exact) mass is 696 g/mol. The smallest absolute Gasteiger partial charge is 0.303 e. The molecule has 0 aliphatic carbocycles. The average molecular weight is 697 g/mol. The number of hydrogen-bond acceptors (Lipinski definition) is 11. The fourth-order valence-corrected chi connectivity index (χ4v) is 5.75. The van der Waals surface area contributed by atoms with Gasteiger partial charge in [-0.05, 0) is 60.5 Å². The summed E-state index contributed by atoms with van der Waals surface area (Å²) in [4.78, 5) is 90.5.